The van der Waals surface area contributed by atoms with E-state index in [1.807, 2.05) is 0 Å². The second-order valence-electron chi connectivity index (χ2n) is 2.80. The van der Waals surface area contributed by atoms with Crippen LogP contribution in [0.1, 0.15) is 0 Å². The lowest BCUT2D eigenvalue weighted by Crippen LogP contribution is -1.99. The fraction of sp³-hybridized carbons (Fsp3) is 0.125. The molecule has 0 spiro atoms. The van der Waals surface area contributed by atoms with Gasteiger partial charge in [0.1, 0.15) is 0 Å². The molecular formula is C8H5Cl2FN4. The van der Waals surface area contributed by atoms with Crippen LogP contribution in [0.4, 0.5) is 4.39 Å². The summed E-state index contributed by atoms with van der Waals surface area (Å²) >= 11 is 11.1. The van der Waals surface area contributed by atoms with Gasteiger partial charge in [0.2, 0.25) is 0 Å². The number of aromatic nitrogens is 4. The zero-order chi connectivity index (χ0) is 11.0. The summed E-state index contributed by atoms with van der Waals surface area (Å²) in [7, 11) is 1.76. The Balaban J connectivity index is 2.60. The Hall–Kier alpha value is -1.20. The van der Waals surface area contributed by atoms with Crippen LogP contribution < -0.4 is 0 Å². The van der Waals surface area contributed by atoms with Gasteiger partial charge < -0.3 is 4.57 Å². The highest BCUT2D eigenvalue weighted by Crippen LogP contribution is 2.22. The third-order valence-electron chi connectivity index (χ3n) is 1.79. The Kier molecular flexibility index (Phi) is 2.58. The van der Waals surface area contributed by atoms with Crippen molar-refractivity contribution in [2.24, 2.45) is 7.05 Å². The summed E-state index contributed by atoms with van der Waals surface area (Å²) in [6.07, 6.45) is 3.29. The molecule has 4 nitrogen and oxygen atoms in total. The maximum atomic E-state index is 13.0. The maximum Gasteiger partial charge on any atom is 0.198 e. The summed E-state index contributed by atoms with van der Waals surface area (Å²) in [5.41, 5.74) is 0. The number of imidazole rings is 1. The van der Waals surface area contributed by atoms with Crippen LogP contribution in [0.2, 0.25) is 10.3 Å². The van der Waals surface area contributed by atoms with Crippen molar-refractivity contribution >= 4 is 23.2 Å². The Morgan fingerprint density at radius 1 is 1.27 bits per heavy atom. The molecule has 0 atom stereocenters. The molecule has 0 aliphatic heterocycles. The van der Waals surface area contributed by atoms with E-state index < -0.39 is 5.82 Å². The van der Waals surface area contributed by atoms with Crippen LogP contribution in [0.15, 0.2) is 12.4 Å². The predicted octanol–water partition coefficient (Wildman–Crippen LogP) is 2.32. The van der Waals surface area contributed by atoms with Gasteiger partial charge >= 0.3 is 0 Å². The number of nitrogens with zero attached hydrogens (tertiary/aromatic N) is 4. The summed E-state index contributed by atoms with van der Waals surface area (Å²) in [5.74, 6) is -0.158. The van der Waals surface area contributed by atoms with Gasteiger partial charge in [0.05, 0.1) is 0 Å². The molecule has 0 saturated carbocycles. The van der Waals surface area contributed by atoms with Crippen molar-refractivity contribution in [1.29, 1.82) is 0 Å². The van der Waals surface area contributed by atoms with Crippen molar-refractivity contribution < 1.29 is 4.39 Å². The SMILES string of the molecule is Cn1ccnc1-c1nc(Cl)c(F)c(Cl)n1. The molecule has 0 N–H and O–H groups in total. The molecule has 0 aliphatic carbocycles. The molecule has 78 valence electrons. The van der Waals surface area contributed by atoms with Gasteiger partial charge in [0.25, 0.3) is 0 Å². The summed E-state index contributed by atoms with van der Waals surface area (Å²) in [5, 5.41) is -0.624. The molecule has 0 unspecified atom stereocenters. The monoisotopic (exact) mass is 246 g/mol. The van der Waals surface area contributed by atoms with Crippen molar-refractivity contribution in [3.63, 3.8) is 0 Å². The first-order valence-electron chi connectivity index (χ1n) is 3.96. The quantitative estimate of drug-likeness (QED) is 0.726. The zero-order valence-electron chi connectivity index (χ0n) is 7.58. The number of hydrogen-bond donors (Lipinski definition) is 0. The number of hydrogen-bond acceptors (Lipinski definition) is 3. The molecule has 0 radical (unpaired) electrons. The van der Waals surface area contributed by atoms with Gasteiger partial charge in [-0.15, -0.1) is 0 Å². The van der Waals surface area contributed by atoms with E-state index in [1.165, 1.54) is 0 Å². The molecule has 7 heteroatoms. The smallest absolute Gasteiger partial charge is 0.198 e. The first-order chi connectivity index (χ1) is 7.09. The first-order valence-corrected chi connectivity index (χ1v) is 4.71. The van der Waals surface area contributed by atoms with Crippen molar-refractivity contribution in [3.05, 3.63) is 28.5 Å². The zero-order valence-corrected chi connectivity index (χ0v) is 9.09. The van der Waals surface area contributed by atoms with Crippen LogP contribution in [0.25, 0.3) is 11.6 Å². The molecular weight excluding hydrogens is 242 g/mol. The molecule has 2 aromatic heterocycles. The average molecular weight is 247 g/mol. The minimum Gasteiger partial charge on any atom is -0.331 e. The topological polar surface area (TPSA) is 43.6 Å². The van der Waals surface area contributed by atoms with E-state index in [2.05, 4.69) is 15.0 Å². The molecule has 2 aromatic rings. The van der Waals surface area contributed by atoms with Crippen LogP contribution in [-0.2, 0) is 7.05 Å². The molecule has 0 aromatic carbocycles. The molecule has 2 heterocycles. The third-order valence-corrected chi connectivity index (χ3v) is 2.29. The van der Waals surface area contributed by atoms with E-state index in [0.717, 1.165) is 0 Å². The molecule has 0 bridgehead atoms. The lowest BCUT2D eigenvalue weighted by atomic mass is 10.5. The Morgan fingerprint density at radius 2 is 1.87 bits per heavy atom. The highest BCUT2D eigenvalue weighted by molar-refractivity contribution is 6.33. The van der Waals surface area contributed by atoms with Crippen LogP contribution in [0.5, 0.6) is 0 Å². The first kappa shape index (κ1) is 10.3. The number of rotatable bonds is 1. The molecule has 0 fully saturated rings. The Bertz CT molecular complexity index is 488. The minimum atomic E-state index is -0.823. The fourth-order valence-corrected chi connectivity index (χ4v) is 1.46. The average Bonchev–Trinajstić information content (AvgIpc) is 2.60. The van der Waals surface area contributed by atoms with Gasteiger partial charge in [-0.25, -0.2) is 19.3 Å². The van der Waals surface area contributed by atoms with Gasteiger partial charge in [-0.1, -0.05) is 23.2 Å². The normalized spacial score (nSPS) is 10.7. The number of halogens is 3. The highest BCUT2D eigenvalue weighted by Gasteiger charge is 2.14. The van der Waals surface area contributed by atoms with E-state index in [4.69, 9.17) is 23.2 Å². The summed E-state index contributed by atoms with van der Waals surface area (Å²) in [6.45, 7) is 0. The highest BCUT2D eigenvalue weighted by atomic mass is 35.5. The molecule has 15 heavy (non-hydrogen) atoms. The van der Waals surface area contributed by atoms with E-state index in [0.29, 0.717) is 5.82 Å². The third kappa shape index (κ3) is 1.80. The predicted molar refractivity (Wildman–Crippen MR) is 54.2 cm³/mol. The summed E-state index contributed by atoms with van der Waals surface area (Å²) in [4.78, 5) is 11.5. The van der Waals surface area contributed by atoms with Crippen LogP contribution >= 0.6 is 23.2 Å². The summed E-state index contributed by atoms with van der Waals surface area (Å²) < 4.78 is 14.7. The molecule has 2 rings (SSSR count). The number of aryl methyl sites for hydroxylation is 1. The van der Waals surface area contributed by atoms with E-state index in [-0.39, 0.29) is 16.1 Å². The van der Waals surface area contributed by atoms with Gasteiger partial charge in [0, 0.05) is 19.4 Å². The minimum absolute atomic E-state index is 0.193. The van der Waals surface area contributed by atoms with Crippen molar-refractivity contribution in [2.45, 2.75) is 0 Å². The Labute approximate surface area is 94.7 Å². The van der Waals surface area contributed by atoms with Gasteiger partial charge in [-0.3, -0.25) is 0 Å². The lowest BCUT2D eigenvalue weighted by molar-refractivity contribution is 0.615. The van der Waals surface area contributed by atoms with Gasteiger partial charge in [0.15, 0.2) is 27.8 Å². The van der Waals surface area contributed by atoms with E-state index in [1.54, 1.807) is 24.0 Å². The molecule has 0 saturated heterocycles. The van der Waals surface area contributed by atoms with E-state index >= 15 is 0 Å². The largest absolute Gasteiger partial charge is 0.331 e. The second kappa shape index (κ2) is 3.75. The molecule has 0 amide bonds. The molecule has 0 aliphatic rings. The van der Waals surface area contributed by atoms with Crippen molar-refractivity contribution in [3.8, 4) is 11.6 Å². The van der Waals surface area contributed by atoms with Crippen molar-refractivity contribution in [2.75, 3.05) is 0 Å². The van der Waals surface area contributed by atoms with Crippen LogP contribution in [0, 0.1) is 5.82 Å². The standard InChI is InChI=1S/C8H5Cl2FN4/c1-15-3-2-12-8(15)7-13-5(9)4(11)6(10)14-7/h2-3H,1H3. The maximum absolute atomic E-state index is 13.0. The van der Waals surface area contributed by atoms with Gasteiger partial charge in [-0.05, 0) is 0 Å². The second-order valence-corrected chi connectivity index (χ2v) is 3.52. The van der Waals surface area contributed by atoms with E-state index in [9.17, 15) is 4.39 Å². The van der Waals surface area contributed by atoms with Crippen LogP contribution in [-0.4, -0.2) is 19.5 Å². The summed E-state index contributed by atoms with van der Waals surface area (Å²) in [6, 6.07) is 0. The fourth-order valence-electron chi connectivity index (χ4n) is 1.08. The van der Waals surface area contributed by atoms with Gasteiger partial charge in [-0.2, -0.15) is 0 Å². The van der Waals surface area contributed by atoms with Crippen LogP contribution in [0.3, 0.4) is 0 Å². The lowest BCUT2D eigenvalue weighted by Gasteiger charge is -2.02. The Morgan fingerprint density at radius 3 is 2.33 bits per heavy atom. The van der Waals surface area contributed by atoms with Crippen molar-refractivity contribution in [1.82, 2.24) is 19.5 Å².